The number of ether oxygens (including phenoxy) is 1. The molecule has 0 spiro atoms. The summed E-state index contributed by atoms with van der Waals surface area (Å²) >= 11 is 3.32. The van der Waals surface area contributed by atoms with Gasteiger partial charge in [0.15, 0.2) is 0 Å². The van der Waals surface area contributed by atoms with Crippen molar-refractivity contribution in [2.24, 2.45) is 0 Å². The third-order valence-corrected chi connectivity index (χ3v) is 2.43. The van der Waals surface area contributed by atoms with Gasteiger partial charge >= 0.3 is 0 Å². The molecule has 3 nitrogen and oxygen atoms in total. The van der Waals surface area contributed by atoms with Crippen LogP contribution >= 0.6 is 15.9 Å². The van der Waals surface area contributed by atoms with E-state index in [4.69, 9.17) is 4.74 Å². The molecule has 0 aliphatic heterocycles. The summed E-state index contributed by atoms with van der Waals surface area (Å²) in [4.78, 5) is 13.3. The van der Waals surface area contributed by atoms with Gasteiger partial charge < -0.3 is 9.64 Å². The Kier molecular flexibility index (Phi) is 4.39. The van der Waals surface area contributed by atoms with E-state index in [1.165, 1.54) is 0 Å². The Bertz CT molecular complexity index is 458. The van der Waals surface area contributed by atoms with E-state index < -0.39 is 0 Å². The number of ketones is 1. The van der Waals surface area contributed by atoms with Gasteiger partial charge in [0.1, 0.15) is 5.75 Å². The zero-order valence-electron chi connectivity index (χ0n) is 9.37. The Balaban J connectivity index is 2.95. The van der Waals surface area contributed by atoms with Gasteiger partial charge in [-0.15, -0.1) is 0 Å². The van der Waals surface area contributed by atoms with Crippen LogP contribution in [0.3, 0.4) is 0 Å². The van der Waals surface area contributed by atoms with Crippen LogP contribution in [-0.4, -0.2) is 31.9 Å². The molecule has 0 radical (unpaired) electrons. The van der Waals surface area contributed by atoms with E-state index in [-0.39, 0.29) is 5.78 Å². The first-order valence-corrected chi connectivity index (χ1v) is 5.40. The van der Waals surface area contributed by atoms with Crippen LogP contribution in [0.15, 0.2) is 22.7 Å². The fourth-order valence-corrected chi connectivity index (χ4v) is 1.58. The van der Waals surface area contributed by atoms with E-state index >= 15 is 0 Å². The second-order valence-electron chi connectivity index (χ2n) is 3.31. The van der Waals surface area contributed by atoms with Crippen molar-refractivity contribution in [1.82, 2.24) is 4.90 Å². The summed E-state index contributed by atoms with van der Waals surface area (Å²) in [5.41, 5.74) is 0.544. The minimum atomic E-state index is -0.211. The summed E-state index contributed by atoms with van der Waals surface area (Å²) in [6, 6.07) is 7.80. The van der Waals surface area contributed by atoms with Crippen molar-refractivity contribution >= 4 is 21.7 Å². The Labute approximate surface area is 104 Å². The molecule has 16 heavy (non-hydrogen) atoms. The zero-order chi connectivity index (χ0) is 12.1. The number of Topliss-reactive ketones (excluding diaryl/α,β-unsaturated/α-hetero) is 1. The molecule has 4 heteroatoms. The molecule has 0 heterocycles. The molecule has 0 unspecified atom stereocenters. The highest BCUT2D eigenvalue weighted by Gasteiger charge is 2.06. The fraction of sp³-hybridized carbons (Fsp3) is 0.250. The van der Waals surface area contributed by atoms with Crippen molar-refractivity contribution in [2.45, 2.75) is 0 Å². The number of halogens is 1. The summed E-state index contributed by atoms with van der Waals surface area (Å²) in [6.07, 6.45) is 0. The zero-order valence-corrected chi connectivity index (χ0v) is 11.0. The van der Waals surface area contributed by atoms with E-state index in [9.17, 15) is 4.79 Å². The molecule has 0 saturated carbocycles. The predicted molar refractivity (Wildman–Crippen MR) is 66.5 cm³/mol. The van der Waals surface area contributed by atoms with Gasteiger partial charge in [-0.25, -0.2) is 0 Å². The third-order valence-electron chi connectivity index (χ3n) is 1.81. The SMILES string of the molecule is COc1ccc(C(=O)C#CN(C)C)cc1Br. The van der Waals surface area contributed by atoms with Crippen LogP contribution in [-0.2, 0) is 0 Å². The maximum Gasteiger partial charge on any atom is 0.237 e. The quantitative estimate of drug-likeness (QED) is 0.473. The van der Waals surface area contributed by atoms with Gasteiger partial charge in [-0.05, 0) is 40.0 Å². The Morgan fingerprint density at radius 2 is 2.12 bits per heavy atom. The van der Waals surface area contributed by atoms with Crippen molar-refractivity contribution in [3.05, 3.63) is 28.2 Å². The average molecular weight is 282 g/mol. The molecule has 1 rings (SSSR count). The maximum atomic E-state index is 11.6. The molecule has 0 saturated heterocycles. The lowest BCUT2D eigenvalue weighted by molar-refractivity contribution is 0.105. The molecule has 1 aromatic rings. The monoisotopic (exact) mass is 281 g/mol. The average Bonchev–Trinajstić information content (AvgIpc) is 2.25. The normalized spacial score (nSPS) is 9.00. The first-order valence-electron chi connectivity index (χ1n) is 4.61. The van der Waals surface area contributed by atoms with Crippen LogP contribution in [0.5, 0.6) is 5.75 Å². The largest absolute Gasteiger partial charge is 0.496 e. The molecule has 0 atom stereocenters. The summed E-state index contributed by atoms with van der Waals surface area (Å²) in [6.45, 7) is 0. The highest BCUT2D eigenvalue weighted by molar-refractivity contribution is 9.10. The fourth-order valence-electron chi connectivity index (χ4n) is 1.04. The number of carbonyl (C=O) groups excluding carboxylic acids is 1. The first kappa shape index (κ1) is 12.6. The van der Waals surface area contributed by atoms with Gasteiger partial charge in [0.2, 0.25) is 5.78 Å². The number of benzene rings is 1. The molecule has 0 N–H and O–H groups in total. The summed E-state index contributed by atoms with van der Waals surface area (Å²) in [7, 11) is 5.14. The summed E-state index contributed by atoms with van der Waals surface area (Å²) < 4.78 is 5.82. The van der Waals surface area contributed by atoms with Crippen LogP contribution in [0.25, 0.3) is 0 Å². The van der Waals surface area contributed by atoms with Crippen LogP contribution < -0.4 is 4.74 Å². The lowest BCUT2D eigenvalue weighted by Crippen LogP contribution is -2.03. The number of hydrogen-bond acceptors (Lipinski definition) is 3. The van der Waals surface area contributed by atoms with Crippen molar-refractivity contribution in [3.8, 4) is 17.7 Å². The molecule has 0 amide bonds. The second-order valence-corrected chi connectivity index (χ2v) is 4.16. The maximum absolute atomic E-state index is 11.6. The van der Waals surface area contributed by atoms with E-state index in [1.54, 1.807) is 44.3 Å². The molecule has 84 valence electrons. The van der Waals surface area contributed by atoms with Gasteiger partial charge in [0.25, 0.3) is 0 Å². The predicted octanol–water partition coefficient (Wildman–Crippen LogP) is 2.16. The number of rotatable bonds is 2. The molecule has 0 aliphatic carbocycles. The van der Waals surface area contributed by atoms with Gasteiger partial charge in [-0.2, -0.15) is 0 Å². The Hall–Kier alpha value is -1.47. The van der Waals surface area contributed by atoms with Crippen LogP contribution in [0.4, 0.5) is 0 Å². The Morgan fingerprint density at radius 1 is 1.44 bits per heavy atom. The van der Waals surface area contributed by atoms with Crippen molar-refractivity contribution in [3.63, 3.8) is 0 Å². The van der Waals surface area contributed by atoms with E-state index in [1.807, 2.05) is 0 Å². The number of methoxy groups -OCH3 is 1. The molecule has 0 aliphatic rings. The standard InChI is InChI=1S/C12H12BrNO2/c1-14(2)7-6-11(15)9-4-5-12(16-3)10(13)8-9/h4-5,8H,1-3H3. The molecule has 1 aromatic carbocycles. The van der Waals surface area contributed by atoms with Crippen LogP contribution in [0, 0.1) is 12.0 Å². The molecule has 0 aromatic heterocycles. The molecule has 0 fully saturated rings. The summed E-state index contributed by atoms with van der Waals surface area (Å²) in [5, 5.41) is 0. The molecular formula is C12H12BrNO2. The van der Waals surface area contributed by atoms with E-state index in [0.717, 1.165) is 4.47 Å². The van der Waals surface area contributed by atoms with E-state index in [0.29, 0.717) is 11.3 Å². The minimum Gasteiger partial charge on any atom is -0.496 e. The van der Waals surface area contributed by atoms with Gasteiger partial charge in [0, 0.05) is 25.7 Å². The third kappa shape index (κ3) is 3.28. The van der Waals surface area contributed by atoms with Crippen molar-refractivity contribution in [1.29, 1.82) is 0 Å². The van der Waals surface area contributed by atoms with Gasteiger partial charge in [-0.1, -0.05) is 0 Å². The lowest BCUT2D eigenvalue weighted by atomic mass is 10.1. The number of hydrogen-bond donors (Lipinski definition) is 0. The second kappa shape index (κ2) is 5.57. The first-order chi connectivity index (χ1) is 7.54. The lowest BCUT2D eigenvalue weighted by Gasteiger charge is -2.03. The number of nitrogens with zero attached hydrogens (tertiary/aromatic N) is 1. The van der Waals surface area contributed by atoms with Crippen molar-refractivity contribution in [2.75, 3.05) is 21.2 Å². The van der Waals surface area contributed by atoms with Crippen molar-refractivity contribution < 1.29 is 9.53 Å². The topological polar surface area (TPSA) is 29.5 Å². The Morgan fingerprint density at radius 3 is 2.62 bits per heavy atom. The van der Waals surface area contributed by atoms with E-state index in [2.05, 4.69) is 27.9 Å². The molecular weight excluding hydrogens is 270 g/mol. The highest BCUT2D eigenvalue weighted by Crippen LogP contribution is 2.25. The summed E-state index contributed by atoms with van der Waals surface area (Å²) in [5.74, 6) is 3.02. The smallest absolute Gasteiger partial charge is 0.237 e. The van der Waals surface area contributed by atoms with Crippen LogP contribution in [0.1, 0.15) is 10.4 Å². The highest BCUT2D eigenvalue weighted by atomic mass is 79.9. The molecule has 0 bridgehead atoms. The minimum absolute atomic E-state index is 0.211. The van der Waals surface area contributed by atoms with Gasteiger partial charge in [-0.3, -0.25) is 4.79 Å². The van der Waals surface area contributed by atoms with Crippen LogP contribution in [0.2, 0.25) is 0 Å². The number of carbonyl (C=O) groups is 1. The van der Waals surface area contributed by atoms with Gasteiger partial charge in [0.05, 0.1) is 11.6 Å².